The quantitative estimate of drug-likeness (QED) is 0.619. The highest BCUT2D eigenvalue weighted by Crippen LogP contribution is 2.41. The molecule has 0 unspecified atom stereocenters. The van der Waals surface area contributed by atoms with Crippen molar-refractivity contribution < 1.29 is 25.8 Å². The second kappa shape index (κ2) is 6.07. The van der Waals surface area contributed by atoms with Crippen LogP contribution in [0.3, 0.4) is 0 Å². The van der Waals surface area contributed by atoms with Gasteiger partial charge in [-0.3, -0.25) is 9.08 Å². The van der Waals surface area contributed by atoms with Crippen molar-refractivity contribution in [2.24, 2.45) is 11.8 Å². The molecule has 128 valence electrons. The molecule has 3 atom stereocenters. The zero-order valence-electron chi connectivity index (χ0n) is 12.4. The van der Waals surface area contributed by atoms with E-state index in [4.69, 9.17) is 0 Å². The van der Waals surface area contributed by atoms with Crippen LogP contribution in [-0.2, 0) is 20.8 Å². The third kappa shape index (κ3) is 3.54. The Morgan fingerprint density at radius 2 is 1.65 bits per heavy atom. The number of rotatable bonds is 4. The van der Waals surface area contributed by atoms with Gasteiger partial charge in [-0.2, -0.15) is 21.6 Å². The Bertz CT molecular complexity index is 634. The molecule has 1 saturated carbocycles. The molecule has 0 aromatic heterocycles. The number of halogens is 3. The minimum absolute atomic E-state index is 0.172. The van der Waals surface area contributed by atoms with Crippen LogP contribution in [-0.4, -0.2) is 38.0 Å². The van der Waals surface area contributed by atoms with E-state index >= 15 is 0 Å². The largest absolute Gasteiger partial charge is 0.523 e. The minimum atomic E-state index is -5.52. The van der Waals surface area contributed by atoms with Crippen LogP contribution in [0.4, 0.5) is 13.2 Å². The Kier molecular flexibility index (Phi) is 4.41. The third-order valence-corrected chi connectivity index (χ3v) is 5.64. The van der Waals surface area contributed by atoms with E-state index in [1.165, 1.54) is 0 Å². The average Bonchev–Trinajstić information content (AvgIpc) is 2.70. The average molecular weight is 349 g/mol. The van der Waals surface area contributed by atoms with Gasteiger partial charge in [0.05, 0.1) is 6.10 Å². The molecular formula is C15H18F3NO3S. The van der Waals surface area contributed by atoms with Gasteiger partial charge in [0.2, 0.25) is 0 Å². The van der Waals surface area contributed by atoms with Crippen molar-refractivity contribution in [3.05, 3.63) is 35.9 Å². The summed E-state index contributed by atoms with van der Waals surface area (Å²) in [5.41, 5.74) is -4.22. The van der Waals surface area contributed by atoms with E-state index in [0.717, 1.165) is 5.56 Å². The number of nitrogens with zero attached hydrogens (tertiary/aromatic N) is 1. The summed E-state index contributed by atoms with van der Waals surface area (Å²) >= 11 is 0. The molecule has 4 nitrogen and oxygen atoms in total. The van der Waals surface area contributed by atoms with Crippen LogP contribution >= 0.6 is 0 Å². The summed E-state index contributed by atoms with van der Waals surface area (Å²) in [6.07, 6.45) is 0.552. The van der Waals surface area contributed by atoms with Gasteiger partial charge in [-0.05, 0) is 30.2 Å². The van der Waals surface area contributed by atoms with Crippen LogP contribution in [0, 0.1) is 11.8 Å². The summed E-state index contributed by atoms with van der Waals surface area (Å²) in [5.74, 6) is -0.343. The predicted octanol–water partition coefficient (Wildman–Crippen LogP) is 2.76. The van der Waals surface area contributed by atoms with Crippen molar-refractivity contribution in [1.82, 2.24) is 4.90 Å². The molecule has 3 rings (SSSR count). The number of hydrogen-bond donors (Lipinski definition) is 0. The van der Waals surface area contributed by atoms with Gasteiger partial charge < -0.3 is 0 Å². The van der Waals surface area contributed by atoms with Crippen molar-refractivity contribution in [2.75, 3.05) is 13.1 Å². The molecule has 1 saturated heterocycles. The molecule has 8 heteroatoms. The lowest BCUT2D eigenvalue weighted by atomic mass is 9.95. The van der Waals surface area contributed by atoms with Crippen LogP contribution in [0.2, 0.25) is 0 Å². The number of piperidine rings is 1. The number of alkyl halides is 3. The van der Waals surface area contributed by atoms with Gasteiger partial charge in [0, 0.05) is 19.6 Å². The Morgan fingerprint density at radius 1 is 1.09 bits per heavy atom. The molecule has 2 fully saturated rings. The SMILES string of the molecule is O=S(=O)(O[C@H]1[C@@H]2CC[C@H]1CN(Cc1ccccc1)C2)C(F)(F)F. The Balaban J connectivity index is 1.66. The van der Waals surface area contributed by atoms with Crippen molar-refractivity contribution in [3.8, 4) is 0 Å². The molecule has 1 aromatic carbocycles. The summed E-state index contributed by atoms with van der Waals surface area (Å²) in [6.45, 7) is 1.83. The van der Waals surface area contributed by atoms with Crippen LogP contribution in [0.15, 0.2) is 30.3 Å². The molecule has 0 amide bonds. The van der Waals surface area contributed by atoms with E-state index in [0.29, 0.717) is 32.5 Å². The fourth-order valence-electron chi connectivity index (χ4n) is 3.60. The third-order valence-electron chi connectivity index (χ3n) is 4.59. The molecule has 23 heavy (non-hydrogen) atoms. The topological polar surface area (TPSA) is 46.6 Å². The zero-order chi connectivity index (χ0) is 16.7. The standard InChI is InChI=1S/C15H18F3NO3S/c16-15(17,18)23(20,21)22-14-12-6-7-13(14)10-19(9-12)8-11-4-2-1-3-5-11/h1-5,12-14H,6-10H2/t12-,13+,14+. The Labute approximate surface area is 133 Å². The number of fused-ring (bicyclic) bond motifs is 2. The van der Waals surface area contributed by atoms with Crippen molar-refractivity contribution >= 4 is 10.1 Å². The number of benzene rings is 1. The maximum Gasteiger partial charge on any atom is 0.523 e. The molecule has 1 aromatic rings. The van der Waals surface area contributed by atoms with E-state index in [1.54, 1.807) is 0 Å². The molecule has 0 spiro atoms. The first-order valence-corrected chi connectivity index (χ1v) is 8.93. The van der Waals surface area contributed by atoms with Crippen LogP contribution < -0.4 is 0 Å². The maximum atomic E-state index is 12.5. The molecule has 0 N–H and O–H groups in total. The van der Waals surface area contributed by atoms with Gasteiger partial charge in [-0.15, -0.1) is 0 Å². The van der Waals surface area contributed by atoms with E-state index in [1.807, 2.05) is 30.3 Å². The normalized spacial score (nSPS) is 28.9. The van der Waals surface area contributed by atoms with Gasteiger partial charge in [0.1, 0.15) is 0 Å². The van der Waals surface area contributed by atoms with Gasteiger partial charge in [0.25, 0.3) is 0 Å². The zero-order valence-corrected chi connectivity index (χ0v) is 13.2. The molecule has 2 bridgehead atoms. The van der Waals surface area contributed by atoms with Gasteiger partial charge >= 0.3 is 15.6 Å². The lowest BCUT2D eigenvalue weighted by Crippen LogP contribution is -2.47. The van der Waals surface area contributed by atoms with Crippen LogP contribution in [0.25, 0.3) is 0 Å². The van der Waals surface area contributed by atoms with Crippen molar-refractivity contribution in [3.63, 3.8) is 0 Å². The summed E-state index contributed by atoms with van der Waals surface area (Å²) in [6, 6.07) is 9.80. The molecule has 1 aliphatic heterocycles. The summed E-state index contributed by atoms with van der Waals surface area (Å²) in [4.78, 5) is 2.16. The lowest BCUT2D eigenvalue weighted by molar-refractivity contribution is -0.0646. The van der Waals surface area contributed by atoms with E-state index in [9.17, 15) is 21.6 Å². The van der Waals surface area contributed by atoms with E-state index < -0.39 is 21.7 Å². The van der Waals surface area contributed by atoms with Crippen LogP contribution in [0.5, 0.6) is 0 Å². The molecule has 2 aliphatic rings. The van der Waals surface area contributed by atoms with Gasteiger partial charge in [-0.25, -0.2) is 0 Å². The highest BCUT2D eigenvalue weighted by molar-refractivity contribution is 7.87. The maximum absolute atomic E-state index is 12.5. The molecular weight excluding hydrogens is 331 g/mol. The molecule has 1 heterocycles. The Hall–Kier alpha value is -1.12. The second-order valence-electron chi connectivity index (χ2n) is 6.24. The summed E-state index contributed by atoms with van der Waals surface area (Å²) in [7, 11) is -5.52. The predicted molar refractivity (Wildman–Crippen MR) is 77.8 cm³/mol. The fourth-order valence-corrected chi connectivity index (χ4v) is 4.31. The van der Waals surface area contributed by atoms with Crippen molar-refractivity contribution in [1.29, 1.82) is 0 Å². The number of likely N-dealkylation sites (tertiary alicyclic amines) is 1. The first kappa shape index (κ1) is 16.7. The monoisotopic (exact) mass is 349 g/mol. The summed E-state index contributed by atoms with van der Waals surface area (Å²) < 4.78 is 64.6. The molecule has 0 radical (unpaired) electrons. The smallest absolute Gasteiger partial charge is 0.298 e. The fraction of sp³-hybridized carbons (Fsp3) is 0.600. The second-order valence-corrected chi connectivity index (χ2v) is 7.80. The van der Waals surface area contributed by atoms with Gasteiger partial charge in [0.15, 0.2) is 0 Å². The minimum Gasteiger partial charge on any atom is -0.298 e. The highest BCUT2D eigenvalue weighted by atomic mass is 32.2. The van der Waals surface area contributed by atoms with E-state index in [-0.39, 0.29) is 11.8 Å². The first-order valence-electron chi connectivity index (χ1n) is 7.52. The van der Waals surface area contributed by atoms with Crippen LogP contribution in [0.1, 0.15) is 18.4 Å². The first-order chi connectivity index (χ1) is 10.8. The molecule has 1 aliphatic carbocycles. The number of hydrogen-bond acceptors (Lipinski definition) is 4. The lowest BCUT2D eigenvalue weighted by Gasteiger charge is -2.37. The van der Waals surface area contributed by atoms with E-state index in [2.05, 4.69) is 9.08 Å². The Morgan fingerprint density at radius 3 is 2.17 bits per heavy atom. The van der Waals surface area contributed by atoms with Crippen molar-refractivity contribution in [2.45, 2.75) is 31.0 Å². The van der Waals surface area contributed by atoms with Gasteiger partial charge in [-0.1, -0.05) is 30.3 Å². The highest BCUT2D eigenvalue weighted by Gasteiger charge is 2.53. The summed E-state index contributed by atoms with van der Waals surface area (Å²) in [5, 5.41) is 0.